The smallest absolute Gasteiger partial charge is 0.191 e. The Hall–Kier alpha value is -1.35. The monoisotopic (exact) mass is 516 g/mol. The van der Waals surface area contributed by atoms with E-state index in [2.05, 4.69) is 37.3 Å². The Morgan fingerprint density at radius 2 is 2.00 bits per heavy atom. The number of aromatic nitrogens is 3. The number of fused-ring (bicyclic) bond motifs is 1. The van der Waals surface area contributed by atoms with Gasteiger partial charge in [-0.05, 0) is 43.9 Å². The number of benzene rings is 1. The van der Waals surface area contributed by atoms with Gasteiger partial charge in [0.25, 0.3) is 0 Å². The van der Waals surface area contributed by atoms with Crippen molar-refractivity contribution in [2.45, 2.75) is 58.0 Å². The Morgan fingerprint density at radius 3 is 2.75 bits per heavy atom. The average Bonchev–Trinajstić information content (AvgIpc) is 2.90. The Bertz CT molecular complexity index is 759. The molecule has 2 aromatic rings. The molecular formula is C20H30ClIN6. The molecule has 0 amide bonds. The molecule has 28 heavy (non-hydrogen) atoms. The van der Waals surface area contributed by atoms with Crippen LogP contribution in [0.15, 0.2) is 29.3 Å². The molecule has 1 aliphatic rings. The van der Waals surface area contributed by atoms with Gasteiger partial charge >= 0.3 is 0 Å². The van der Waals surface area contributed by atoms with E-state index in [9.17, 15) is 0 Å². The summed E-state index contributed by atoms with van der Waals surface area (Å²) in [6.07, 6.45) is 6.74. The number of aryl methyl sites for hydroxylation is 2. The molecule has 8 heteroatoms. The normalized spacial score (nSPS) is 15.2. The van der Waals surface area contributed by atoms with Gasteiger partial charge in [0, 0.05) is 38.0 Å². The van der Waals surface area contributed by atoms with E-state index in [4.69, 9.17) is 11.6 Å². The molecule has 0 fully saturated rings. The molecule has 154 valence electrons. The second-order valence-electron chi connectivity index (χ2n) is 7.01. The summed E-state index contributed by atoms with van der Waals surface area (Å²) < 4.78 is 2.32. The second kappa shape index (κ2) is 11.6. The molecule has 3 rings (SSSR count). The molecular weight excluding hydrogens is 487 g/mol. The quantitative estimate of drug-likeness (QED) is 0.262. The molecule has 1 aromatic heterocycles. The highest BCUT2D eigenvalue weighted by Crippen LogP contribution is 2.16. The van der Waals surface area contributed by atoms with E-state index in [0.29, 0.717) is 0 Å². The lowest BCUT2D eigenvalue weighted by Gasteiger charge is -2.18. The molecule has 6 nitrogen and oxygen atoms in total. The van der Waals surface area contributed by atoms with E-state index in [0.717, 1.165) is 55.0 Å². The van der Waals surface area contributed by atoms with Crippen LogP contribution >= 0.6 is 35.6 Å². The first kappa shape index (κ1) is 22.9. The van der Waals surface area contributed by atoms with Gasteiger partial charge in [-0.2, -0.15) is 0 Å². The summed E-state index contributed by atoms with van der Waals surface area (Å²) >= 11 is 5.96. The minimum Gasteiger partial charge on any atom is -0.356 e. The zero-order valence-corrected chi connectivity index (χ0v) is 19.7. The standard InChI is InChI=1S/C20H29ClN6.HI/c1-15(16-9-11-17(21)12-10-16)24-20(22-2)23-13-6-8-19-26-25-18-7-4-3-5-14-27(18)19;/h9-12,15H,3-8,13-14H2,1-2H3,(H2,22,23,24);1H. The van der Waals surface area contributed by atoms with Crippen LogP contribution in [-0.2, 0) is 19.4 Å². The van der Waals surface area contributed by atoms with Gasteiger partial charge in [-0.1, -0.05) is 30.2 Å². The lowest BCUT2D eigenvalue weighted by atomic mass is 10.1. The van der Waals surface area contributed by atoms with Crippen molar-refractivity contribution in [3.8, 4) is 0 Å². The number of rotatable bonds is 6. The Kier molecular flexibility index (Phi) is 9.50. The van der Waals surface area contributed by atoms with Crippen molar-refractivity contribution in [2.75, 3.05) is 13.6 Å². The van der Waals surface area contributed by atoms with Gasteiger partial charge in [-0.15, -0.1) is 34.2 Å². The highest BCUT2D eigenvalue weighted by atomic mass is 127. The van der Waals surface area contributed by atoms with Crippen LogP contribution < -0.4 is 10.6 Å². The van der Waals surface area contributed by atoms with Gasteiger partial charge < -0.3 is 15.2 Å². The molecule has 0 saturated heterocycles. The van der Waals surface area contributed by atoms with Gasteiger partial charge in [0.1, 0.15) is 11.6 Å². The summed E-state index contributed by atoms with van der Waals surface area (Å²) in [7, 11) is 1.79. The van der Waals surface area contributed by atoms with Crippen LogP contribution in [-0.4, -0.2) is 34.3 Å². The van der Waals surface area contributed by atoms with E-state index in [-0.39, 0.29) is 30.0 Å². The van der Waals surface area contributed by atoms with Crippen LogP contribution in [0.4, 0.5) is 0 Å². The zero-order chi connectivity index (χ0) is 19.1. The third kappa shape index (κ3) is 6.34. The number of nitrogens with zero attached hydrogens (tertiary/aromatic N) is 4. The minimum atomic E-state index is 0. The van der Waals surface area contributed by atoms with Crippen molar-refractivity contribution in [1.29, 1.82) is 0 Å². The van der Waals surface area contributed by atoms with Crippen LogP contribution in [0.2, 0.25) is 5.02 Å². The van der Waals surface area contributed by atoms with Crippen molar-refractivity contribution in [1.82, 2.24) is 25.4 Å². The van der Waals surface area contributed by atoms with Crippen molar-refractivity contribution >= 4 is 41.5 Å². The largest absolute Gasteiger partial charge is 0.356 e. The van der Waals surface area contributed by atoms with E-state index in [1.807, 2.05) is 24.3 Å². The number of nitrogens with one attached hydrogen (secondary N) is 2. The number of hydrogen-bond acceptors (Lipinski definition) is 3. The SMILES string of the molecule is CN=C(NCCCc1nnc2n1CCCCC2)NC(C)c1ccc(Cl)cc1.I. The molecule has 1 aromatic carbocycles. The highest BCUT2D eigenvalue weighted by Gasteiger charge is 2.14. The molecule has 2 heterocycles. The summed E-state index contributed by atoms with van der Waals surface area (Å²) in [5.74, 6) is 3.08. The summed E-state index contributed by atoms with van der Waals surface area (Å²) in [4.78, 5) is 4.32. The molecule has 1 unspecified atom stereocenters. The fourth-order valence-electron chi connectivity index (χ4n) is 3.42. The number of hydrogen-bond donors (Lipinski definition) is 2. The van der Waals surface area contributed by atoms with Gasteiger partial charge in [0.05, 0.1) is 6.04 Å². The van der Waals surface area contributed by atoms with Crippen LogP contribution in [0.25, 0.3) is 0 Å². The molecule has 0 spiro atoms. The maximum Gasteiger partial charge on any atom is 0.191 e. The highest BCUT2D eigenvalue weighted by molar-refractivity contribution is 14.0. The third-order valence-electron chi connectivity index (χ3n) is 5.00. The van der Waals surface area contributed by atoms with E-state index in [1.165, 1.54) is 24.8 Å². The molecule has 1 aliphatic heterocycles. The first-order valence-electron chi connectivity index (χ1n) is 9.81. The average molecular weight is 517 g/mol. The zero-order valence-electron chi connectivity index (χ0n) is 16.6. The number of guanidine groups is 1. The van der Waals surface area contributed by atoms with Crippen molar-refractivity contribution in [3.63, 3.8) is 0 Å². The fourth-order valence-corrected chi connectivity index (χ4v) is 3.54. The molecule has 1 atom stereocenters. The topological polar surface area (TPSA) is 67.1 Å². The number of halogens is 2. The van der Waals surface area contributed by atoms with Crippen molar-refractivity contribution in [3.05, 3.63) is 46.5 Å². The summed E-state index contributed by atoms with van der Waals surface area (Å²) in [5.41, 5.74) is 1.17. The van der Waals surface area contributed by atoms with E-state index < -0.39 is 0 Å². The van der Waals surface area contributed by atoms with Gasteiger partial charge in [-0.3, -0.25) is 4.99 Å². The number of aliphatic imine (C=N–C) groups is 1. The second-order valence-corrected chi connectivity index (χ2v) is 7.45. The van der Waals surface area contributed by atoms with Crippen LogP contribution in [0, 0.1) is 0 Å². The summed E-state index contributed by atoms with van der Waals surface area (Å²) in [6, 6.07) is 8.04. The summed E-state index contributed by atoms with van der Waals surface area (Å²) in [6.45, 7) is 4.02. The molecule has 0 aliphatic carbocycles. The van der Waals surface area contributed by atoms with E-state index in [1.54, 1.807) is 7.05 Å². The maximum atomic E-state index is 5.96. The van der Waals surface area contributed by atoms with Gasteiger partial charge in [-0.25, -0.2) is 0 Å². The fraction of sp³-hybridized carbons (Fsp3) is 0.550. The van der Waals surface area contributed by atoms with Crippen LogP contribution in [0.3, 0.4) is 0 Å². The molecule has 0 radical (unpaired) electrons. The lowest BCUT2D eigenvalue weighted by Crippen LogP contribution is -2.39. The first-order valence-corrected chi connectivity index (χ1v) is 10.2. The van der Waals surface area contributed by atoms with Crippen molar-refractivity contribution < 1.29 is 0 Å². The van der Waals surface area contributed by atoms with Crippen molar-refractivity contribution in [2.24, 2.45) is 4.99 Å². The summed E-state index contributed by atoms with van der Waals surface area (Å²) in [5, 5.41) is 16.3. The molecule has 0 saturated carbocycles. The molecule has 0 bridgehead atoms. The third-order valence-corrected chi connectivity index (χ3v) is 5.25. The van der Waals surface area contributed by atoms with E-state index >= 15 is 0 Å². The predicted molar refractivity (Wildman–Crippen MR) is 126 cm³/mol. The first-order chi connectivity index (χ1) is 13.2. The van der Waals surface area contributed by atoms with Gasteiger partial charge in [0.2, 0.25) is 0 Å². The Balaban J connectivity index is 0.00000280. The molecule has 2 N–H and O–H groups in total. The maximum absolute atomic E-state index is 5.96. The van der Waals surface area contributed by atoms with Crippen LogP contribution in [0.1, 0.15) is 55.9 Å². The van der Waals surface area contributed by atoms with Gasteiger partial charge in [0.15, 0.2) is 5.96 Å². The predicted octanol–water partition coefficient (Wildman–Crippen LogP) is 4.13. The Morgan fingerprint density at radius 1 is 1.21 bits per heavy atom. The lowest BCUT2D eigenvalue weighted by molar-refractivity contribution is 0.592. The van der Waals surface area contributed by atoms with Crippen LogP contribution in [0.5, 0.6) is 0 Å². The Labute approximate surface area is 189 Å². The minimum absolute atomic E-state index is 0.